The first-order valence-corrected chi connectivity index (χ1v) is 3.79. The van der Waals surface area contributed by atoms with Crippen molar-refractivity contribution in [1.82, 2.24) is 0 Å². The van der Waals surface area contributed by atoms with Crippen molar-refractivity contribution < 1.29 is 14.3 Å². The third-order valence-electron chi connectivity index (χ3n) is 1.51. The van der Waals surface area contributed by atoms with E-state index in [4.69, 9.17) is 0 Å². The number of rotatable bonds is 5. The molecular formula is C8H14O3. The van der Waals surface area contributed by atoms with E-state index >= 15 is 0 Å². The number of esters is 1. The quantitative estimate of drug-likeness (QED) is 0.445. The first kappa shape index (κ1) is 10.1. The first-order valence-electron chi connectivity index (χ1n) is 3.79. The second kappa shape index (κ2) is 5.89. The number of ether oxygens (including phenoxy) is 1. The SMILES string of the molecule is CCC(C=O)CCOC(C)=O. The molecule has 0 heterocycles. The van der Waals surface area contributed by atoms with Crippen molar-refractivity contribution in [2.24, 2.45) is 5.92 Å². The van der Waals surface area contributed by atoms with Crippen LogP contribution in [0.1, 0.15) is 26.7 Å². The summed E-state index contributed by atoms with van der Waals surface area (Å²) in [6, 6.07) is 0. The summed E-state index contributed by atoms with van der Waals surface area (Å²) >= 11 is 0. The highest BCUT2D eigenvalue weighted by atomic mass is 16.5. The molecule has 11 heavy (non-hydrogen) atoms. The average molecular weight is 158 g/mol. The molecule has 0 saturated carbocycles. The van der Waals surface area contributed by atoms with Crippen LogP contribution in [0.25, 0.3) is 0 Å². The van der Waals surface area contributed by atoms with E-state index in [-0.39, 0.29) is 11.9 Å². The molecule has 0 radical (unpaired) electrons. The minimum atomic E-state index is -0.286. The second-order valence-corrected chi connectivity index (χ2v) is 2.43. The molecule has 0 aromatic carbocycles. The van der Waals surface area contributed by atoms with Gasteiger partial charge in [-0.25, -0.2) is 0 Å². The molecule has 0 fully saturated rings. The predicted octanol–water partition coefficient (Wildman–Crippen LogP) is 1.16. The van der Waals surface area contributed by atoms with Crippen LogP contribution in [0.4, 0.5) is 0 Å². The highest BCUT2D eigenvalue weighted by molar-refractivity contribution is 5.65. The van der Waals surface area contributed by atoms with E-state index in [2.05, 4.69) is 4.74 Å². The zero-order chi connectivity index (χ0) is 8.69. The van der Waals surface area contributed by atoms with Gasteiger partial charge in [-0.2, -0.15) is 0 Å². The Morgan fingerprint density at radius 2 is 2.27 bits per heavy atom. The molecule has 0 spiro atoms. The summed E-state index contributed by atoms with van der Waals surface area (Å²) in [5, 5.41) is 0. The molecule has 0 bridgehead atoms. The molecule has 1 atom stereocenters. The summed E-state index contributed by atoms with van der Waals surface area (Å²) in [6.07, 6.45) is 2.36. The third-order valence-corrected chi connectivity index (χ3v) is 1.51. The summed E-state index contributed by atoms with van der Waals surface area (Å²) in [7, 11) is 0. The number of aldehydes is 1. The molecule has 0 N–H and O–H groups in total. The maximum atomic E-state index is 10.3. The molecule has 3 nitrogen and oxygen atoms in total. The van der Waals surface area contributed by atoms with E-state index in [1.807, 2.05) is 6.92 Å². The van der Waals surface area contributed by atoms with Gasteiger partial charge in [-0.3, -0.25) is 4.79 Å². The minimum absolute atomic E-state index is 0.0364. The summed E-state index contributed by atoms with van der Waals surface area (Å²) in [5.41, 5.74) is 0. The molecule has 0 rings (SSSR count). The fourth-order valence-corrected chi connectivity index (χ4v) is 0.722. The minimum Gasteiger partial charge on any atom is -0.466 e. The third kappa shape index (κ3) is 5.58. The molecule has 3 heteroatoms. The van der Waals surface area contributed by atoms with Crippen molar-refractivity contribution in [3.8, 4) is 0 Å². The molecular weight excluding hydrogens is 144 g/mol. The molecule has 0 aromatic rings. The Hall–Kier alpha value is -0.860. The molecule has 0 aliphatic rings. The van der Waals surface area contributed by atoms with E-state index in [9.17, 15) is 9.59 Å². The summed E-state index contributed by atoms with van der Waals surface area (Å²) < 4.78 is 4.68. The smallest absolute Gasteiger partial charge is 0.302 e. The van der Waals surface area contributed by atoms with Gasteiger partial charge in [-0.15, -0.1) is 0 Å². The van der Waals surface area contributed by atoms with Gasteiger partial charge in [0.2, 0.25) is 0 Å². The Morgan fingerprint density at radius 3 is 2.64 bits per heavy atom. The largest absolute Gasteiger partial charge is 0.466 e. The maximum Gasteiger partial charge on any atom is 0.302 e. The average Bonchev–Trinajstić information content (AvgIpc) is 1.98. The lowest BCUT2D eigenvalue weighted by molar-refractivity contribution is -0.141. The Kier molecular flexibility index (Phi) is 5.43. The van der Waals surface area contributed by atoms with Crippen LogP contribution in [0, 0.1) is 5.92 Å². The van der Waals surface area contributed by atoms with E-state index in [1.54, 1.807) is 0 Å². The van der Waals surface area contributed by atoms with E-state index in [0.717, 1.165) is 12.7 Å². The van der Waals surface area contributed by atoms with Crippen LogP contribution >= 0.6 is 0 Å². The molecule has 0 aliphatic heterocycles. The molecule has 0 saturated heterocycles. The van der Waals surface area contributed by atoms with Crippen molar-refractivity contribution in [3.63, 3.8) is 0 Å². The van der Waals surface area contributed by atoms with Gasteiger partial charge in [0.15, 0.2) is 0 Å². The van der Waals surface area contributed by atoms with Crippen molar-refractivity contribution in [2.45, 2.75) is 26.7 Å². The van der Waals surface area contributed by atoms with Crippen LogP contribution in [-0.2, 0) is 14.3 Å². The van der Waals surface area contributed by atoms with Crippen molar-refractivity contribution >= 4 is 12.3 Å². The zero-order valence-electron chi connectivity index (χ0n) is 7.00. The van der Waals surface area contributed by atoms with Gasteiger partial charge in [0, 0.05) is 12.8 Å². The number of carbonyl (C=O) groups is 2. The van der Waals surface area contributed by atoms with Gasteiger partial charge >= 0.3 is 5.97 Å². The molecule has 0 amide bonds. The van der Waals surface area contributed by atoms with Gasteiger partial charge in [0.1, 0.15) is 6.29 Å². The number of carbonyl (C=O) groups excluding carboxylic acids is 2. The highest BCUT2D eigenvalue weighted by Gasteiger charge is 2.04. The van der Waals surface area contributed by atoms with Crippen LogP contribution in [0.5, 0.6) is 0 Å². The topological polar surface area (TPSA) is 43.4 Å². The van der Waals surface area contributed by atoms with Gasteiger partial charge in [-0.1, -0.05) is 6.92 Å². The van der Waals surface area contributed by atoms with Gasteiger partial charge in [0.25, 0.3) is 0 Å². The van der Waals surface area contributed by atoms with Crippen LogP contribution < -0.4 is 0 Å². The Balaban J connectivity index is 3.35. The van der Waals surface area contributed by atoms with Crippen LogP contribution in [-0.4, -0.2) is 18.9 Å². The lowest BCUT2D eigenvalue weighted by atomic mass is 10.1. The van der Waals surface area contributed by atoms with Crippen LogP contribution in [0.3, 0.4) is 0 Å². The standard InChI is InChI=1S/C8H14O3/c1-3-8(6-9)4-5-11-7(2)10/h6,8H,3-5H2,1-2H3. The lowest BCUT2D eigenvalue weighted by Crippen LogP contribution is -2.07. The van der Waals surface area contributed by atoms with Crippen molar-refractivity contribution in [3.05, 3.63) is 0 Å². The Bertz CT molecular complexity index is 131. The van der Waals surface area contributed by atoms with Crippen molar-refractivity contribution in [1.29, 1.82) is 0 Å². The van der Waals surface area contributed by atoms with E-state index in [1.165, 1.54) is 6.92 Å². The first-order chi connectivity index (χ1) is 5.20. The molecule has 0 aromatic heterocycles. The van der Waals surface area contributed by atoms with E-state index < -0.39 is 0 Å². The van der Waals surface area contributed by atoms with Crippen molar-refractivity contribution in [2.75, 3.05) is 6.61 Å². The van der Waals surface area contributed by atoms with Gasteiger partial charge in [0.05, 0.1) is 6.61 Å². The summed E-state index contributed by atoms with van der Waals surface area (Å²) in [6.45, 7) is 3.65. The molecule has 0 aliphatic carbocycles. The van der Waals surface area contributed by atoms with Gasteiger partial charge in [-0.05, 0) is 12.8 Å². The Labute approximate surface area is 66.7 Å². The monoisotopic (exact) mass is 158 g/mol. The fraction of sp³-hybridized carbons (Fsp3) is 0.750. The second-order valence-electron chi connectivity index (χ2n) is 2.43. The number of hydrogen-bond donors (Lipinski definition) is 0. The van der Waals surface area contributed by atoms with Gasteiger partial charge < -0.3 is 9.53 Å². The Morgan fingerprint density at radius 1 is 1.64 bits per heavy atom. The normalized spacial score (nSPS) is 12.2. The summed E-state index contributed by atoms with van der Waals surface area (Å²) in [5.74, 6) is -0.250. The predicted molar refractivity (Wildman–Crippen MR) is 41.1 cm³/mol. The molecule has 64 valence electrons. The number of hydrogen-bond acceptors (Lipinski definition) is 3. The van der Waals surface area contributed by atoms with Crippen LogP contribution in [0.15, 0.2) is 0 Å². The highest BCUT2D eigenvalue weighted by Crippen LogP contribution is 2.03. The van der Waals surface area contributed by atoms with E-state index in [0.29, 0.717) is 13.0 Å². The maximum absolute atomic E-state index is 10.3. The zero-order valence-corrected chi connectivity index (χ0v) is 7.00. The lowest BCUT2D eigenvalue weighted by Gasteiger charge is -2.05. The molecule has 1 unspecified atom stereocenters. The fourth-order valence-electron chi connectivity index (χ4n) is 0.722. The van der Waals surface area contributed by atoms with Crippen LogP contribution in [0.2, 0.25) is 0 Å². The summed E-state index contributed by atoms with van der Waals surface area (Å²) in [4.78, 5) is 20.6.